The summed E-state index contributed by atoms with van der Waals surface area (Å²) in [6, 6.07) is 14.0. The molecule has 4 N–H and O–H groups in total. The number of phenols is 2. The molecule has 5 rings (SSSR count). The molecule has 4 nitrogen and oxygen atoms in total. The zero-order valence-corrected chi connectivity index (χ0v) is 17.2. The van der Waals surface area contributed by atoms with Crippen molar-refractivity contribution in [3.05, 3.63) is 70.8 Å². The first-order valence-electron chi connectivity index (χ1n) is 11.1. The van der Waals surface area contributed by atoms with Crippen molar-refractivity contribution in [1.82, 2.24) is 0 Å². The van der Waals surface area contributed by atoms with Crippen molar-refractivity contribution in [2.45, 2.75) is 57.2 Å². The molecule has 2 aromatic rings. The fourth-order valence-corrected chi connectivity index (χ4v) is 6.59. The van der Waals surface area contributed by atoms with Gasteiger partial charge >= 0.3 is 0 Å². The molecule has 158 valence electrons. The molecule has 2 saturated carbocycles. The molecule has 3 aliphatic carbocycles. The van der Waals surface area contributed by atoms with Crippen LogP contribution >= 0.6 is 0 Å². The zero-order chi connectivity index (χ0) is 20.9. The van der Waals surface area contributed by atoms with E-state index in [1.807, 2.05) is 24.3 Å². The van der Waals surface area contributed by atoms with Gasteiger partial charge in [-0.3, -0.25) is 0 Å². The third kappa shape index (κ3) is 3.14. The zero-order valence-electron chi connectivity index (χ0n) is 17.2. The van der Waals surface area contributed by atoms with Crippen LogP contribution in [0, 0.1) is 17.3 Å². The average Bonchev–Trinajstić information content (AvgIpc) is 3.43. The molecule has 0 spiro atoms. The number of hydrogen-bond donors (Lipinski definition) is 4. The molecule has 2 bridgehead atoms. The lowest BCUT2D eigenvalue weighted by Crippen LogP contribution is -2.52. The van der Waals surface area contributed by atoms with Crippen LogP contribution in [0.15, 0.2) is 59.7 Å². The largest absolute Gasteiger partial charge is 0.508 e. The summed E-state index contributed by atoms with van der Waals surface area (Å²) in [5, 5.41) is 42.3. The van der Waals surface area contributed by atoms with Gasteiger partial charge < -0.3 is 20.4 Å². The van der Waals surface area contributed by atoms with Crippen molar-refractivity contribution in [1.29, 1.82) is 0 Å². The van der Waals surface area contributed by atoms with E-state index in [9.17, 15) is 20.4 Å². The first-order valence-corrected chi connectivity index (χ1v) is 11.1. The van der Waals surface area contributed by atoms with E-state index in [1.165, 1.54) is 24.8 Å². The maximum atomic E-state index is 11.6. The van der Waals surface area contributed by atoms with E-state index in [1.54, 1.807) is 29.8 Å². The molecule has 3 aliphatic rings. The second kappa shape index (κ2) is 7.44. The number of aromatic hydroxyl groups is 2. The summed E-state index contributed by atoms with van der Waals surface area (Å²) in [5.74, 6) is 1.24. The smallest absolute Gasteiger partial charge is 0.115 e. The Morgan fingerprint density at radius 1 is 0.833 bits per heavy atom. The van der Waals surface area contributed by atoms with Crippen LogP contribution in [0.25, 0.3) is 0 Å². The van der Waals surface area contributed by atoms with Crippen molar-refractivity contribution in [2.24, 2.45) is 17.3 Å². The highest BCUT2D eigenvalue weighted by molar-refractivity contribution is 5.38. The van der Waals surface area contributed by atoms with Crippen LogP contribution in [0.4, 0.5) is 0 Å². The molecule has 4 unspecified atom stereocenters. The maximum Gasteiger partial charge on any atom is 0.115 e. The van der Waals surface area contributed by atoms with Gasteiger partial charge in [-0.1, -0.05) is 35.4 Å². The highest BCUT2D eigenvalue weighted by atomic mass is 16.3. The van der Waals surface area contributed by atoms with Crippen LogP contribution in [0.5, 0.6) is 11.5 Å². The Bertz CT molecular complexity index is 891. The van der Waals surface area contributed by atoms with Crippen LogP contribution in [-0.4, -0.2) is 32.6 Å². The molecule has 2 fully saturated rings. The van der Waals surface area contributed by atoms with E-state index in [2.05, 4.69) is 0 Å². The third-order valence-electron chi connectivity index (χ3n) is 8.00. The maximum absolute atomic E-state index is 11.6. The summed E-state index contributed by atoms with van der Waals surface area (Å²) in [7, 11) is 0. The van der Waals surface area contributed by atoms with E-state index in [-0.39, 0.29) is 11.5 Å². The van der Waals surface area contributed by atoms with Crippen molar-refractivity contribution in [3.8, 4) is 11.5 Å². The average molecular weight is 407 g/mol. The van der Waals surface area contributed by atoms with Crippen LogP contribution in [0.3, 0.4) is 0 Å². The molecular weight excluding hydrogens is 376 g/mol. The first kappa shape index (κ1) is 19.7. The monoisotopic (exact) mass is 406 g/mol. The van der Waals surface area contributed by atoms with Crippen molar-refractivity contribution >= 4 is 0 Å². The van der Waals surface area contributed by atoms with Gasteiger partial charge in [0.2, 0.25) is 0 Å². The predicted molar refractivity (Wildman–Crippen MR) is 115 cm³/mol. The number of phenolic OH excluding ortho intramolecular Hbond substituents is 2. The summed E-state index contributed by atoms with van der Waals surface area (Å²) in [6.07, 6.45) is 5.01. The van der Waals surface area contributed by atoms with Crippen LogP contribution in [0.2, 0.25) is 0 Å². The minimum atomic E-state index is -0.654. The highest BCUT2D eigenvalue weighted by Crippen LogP contribution is 2.65. The summed E-state index contributed by atoms with van der Waals surface area (Å²) >= 11 is 0. The van der Waals surface area contributed by atoms with Gasteiger partial charge in [-0.15, -0.1) is 0 Å². The Morgan fingerprint density at radius 2 is 1.37 bits per heavy atom. The topological polar surface area (TPSA) is 80.9 Å². The molecular formula is C26H30O4. The quantitative estimate of drug-likeness (QED) is 0.544. The minimum Gasteiger partial charge on any atom is -0.508 e. The molecule has 0 amide bonds. The van der Waals surface area contributed by atoms with Gasteiger partial charge in [-0.25, -0.2) is 0 Å². The number of fused-ring (bicyclic) bond motifs is 4. The molecule has 2 aromatic carbocycles. The standard InChI is InChI=1S/C26H30O4/c27-19-8-4-16(5-9-19)12-24(29)26(25(30)13-17-6-10-20(28)11-7-17)15-18-14-23(26)22-3-1-2-21(18)22/h4-11,22-25,27-30H,1-3,12-15H2. The minimum absolute atomic E-state index is 0.219. The summed E-state index contributed by atoms with van der Waals surface area (Å²) < 4.78 is 0. The Kier molecular flexibility index (Phi) is 4.87. The Labute approximate surface area is 177 Å². The summed E-state index contributed by atoms with van der Waals surface area (Å²) in [6.45, 7) is 0. The summed E-state index contributed by atoms with van der Waals surface area (Å²) in [5.41, 5.74) is 4.49. The lowest BCUT2D eigenvalue weighted by atomic mass is 9.60. The molecule has 4 atom stereocenters. The molecule has 0 aliphatic heterocycles. The molecule has 0 aromatic heterocycles. The number of aliphatic hydroxyl groups is 2. The number of aliphatic hydroxyl groups excluding tert-OH is 2. The number of rotatable bonds is 6. The fraction of sp³-hybridized carbons (Fsp3) is 0.462. The molecule has 30 heavy (non-hydrogen) atoms. The molecule has 4 heteroatoms. The van der Waals surface area contributed by atoms with Crippen molar-refractivity contribution in [2.75, 3.05) is 0 Å². The van der Waals surface area contributed by atoms with Crippen molar-refractivity contribution in [3.63, 3.8) is 0 Å². The van der Waals surface area contributed by atoms with Gasteiger partial charge in [0.15, 0.2) is 0 Å². The van der Waals surface area contributed by atoms with Crippen LogP contribution < -0.4 is 0 Å². The van der Waals surface area contributed by atoms with Crippen LogP contribution in [0.1, 0.15) is 43.2 Å². The van der Waals surface area contributed by atoms with E-state index < -0.39 is 17.6 Å². The lowest BCUT2D eigenvalue weighted by molar-refractivity contribution is -0.104. The van der Waals surface area contributed by atoms with E-state index in [0.717, 1.165) is 24.0 Å². The molecule has 0 radical (unpaired) electrons. The van der Waals surface area contributed by atoms with Gasteiger partial charge in [0.05, 0.1) is 12.2 Å². The van der Waals surface area contributed by atoms with Gasteiger partial charge in [0, 0.05) is 5.41 Å². The number of benzene rings is 2. The Balaban J connectivity index is 1.47. The van der Waals surface area contributed by atoms with Gasteiger partial charge in [0.1, 0.15) is 11.5 Å². The van der Waals surface area contributed by atoms with Crippen LogP contribution in [-0.2, 0) is 12.8 Å². The third-order valence-corrected chi connectivity index (χ3v) is 8.00. The lowest BCUT2D eigenvalue weighted by Gasteiger charge is -2.47. The number of allylic oxidation sites excluding steroid dienone is 2. The Morgan fingerprint density at radius 3 is 1.90 bits per heavy atom. The molecule has 0 heterocycles. The predicted octanol–water partition coefficient (Wildman–Crippen LogP) is 4.11. The number of hydrogen-bond acceptors (Lipinski definition) is 4. The van der Waals surface area contributed by atoms with E-state index in [4.69, 9.17) is 0 Å². The SMILES string of the molecule is Oc1ccc(CC(O)C2(C(O)Cc3ccc(O)cc3)CC3=C4CCCC4C2C3)cc1. The summed E-state index contributed by atoms with van der Waals surface area (Å²) in [4.78, 5) is 0. The second-order valence-electron chi connectivity index (χ2n) is 9.50. The van der Waals surface area contributed by atoms with E-state index >= 15 is 0 Å². The normalized spacial score (nSPS) is 29.3. The highest BCUT2D eigenvalue weighted by Gasteiger charge is 2.61. The first-order chi connectivity index (χ1) is 14.5. The van der Waals surface area contributed by atoms with E-state index in [0.29, 0.717) is 24.7 Å². The Hall–Kier alpha value is -2.30. The van der Waals surface area contributed by atoms with Gasteiger partial charge in [0.25, 0.3) is 0 Å². The van der Waals surface area contributed by atoms with Gasteiger partial charge in [-0.2, -0.15) is 0 Å². The molecule has 0 saturated heterocycles. The van der Waals surface area contributed by atoms with Gasteiger partial charge in [-0.05, 0) is 92.2 Å². The fourth-order valence-electron chi connectivity index (χ4n) is 6.59. The second-order valence-corrected chi connectivity index (χ2v) is 9.50. The van der Waals surface area contributed by atoms with Crippen molar-refractivity contribution < 1.29 is 20.4 Å².